The van der Waals surface area contributed by atoms with E-state index in [0.29, 0.717) is 17.2 Å². The molecule has 0 aliphatic carbocycles. The zero-order chi connectivity index (χ0) is 9.97. The maximum Gasteiger partial charge on any atom is 0.148 e. The third-order valence-electron chi connectivity index (χ3n) is 1.89. The number of hydrogen-bond acceptors (Lipinski definition) is 4. The van der Waals surface area contributed by atoms with Crippen LogP contribution in [-0.4, -0.2) is 10.2 Å². The molecule has 2 aromatic rings. The second kappa shape index (κ2) is 3.33. The molecule has 0 saturated carbocycles. The number of nitrogen functional groups attached to an aromatic ring is 2. The van der Waals surface area contributed by atoms with Gasteiger partial charge in [0, 0.05) is 11.6 Å². The lowest BCUT2D eigenvalue weighted by molar-refractivity contribution is 1.05. The maximum absolute atomic E-state index is 5.77. The van der Waals surface area contributed by atoms with Crippen LogP contribution < -0.4 is 11.5 Å². The topological polar surface area (TPSA) is 77.8 Å². The largest absolute Gasteiger partial charge is 0.397 e. The van der Waals surface area contributed by atoms with Gasteiger partial charge in [0.2, 0.25) is 0 Å². The molecule has 4 N–H and O–H groups in total. The van der Waals surface area contributed by atoms with E-state index >= 15 is 0 Å². The van der Waals surface area contributed by atoms with Gasteiger partial charge in [0.25, 0.3) is 0 Å². The molecule has 1 heterocycles. The highest BCUT2D eigenvalue weighted by Gasteiger charge is 2.04. The van der Waals surface area contributed by atoms with Crippen LogP contribution in [0.1, 0.15) is 0 Å². The molecule has 4 heteroatoms. The van der Waals surface area contributed by atoms with Gasteiger partial charge in [-0.15, -0.1) is 10.2 Å². The smallest absolute Gasteiger partial charge is 0.148 e. The van der Waals surface area contributed by atoms with Crippen LogP contribution in [0.25, 0.3) is 11.3 Å². The number of aromatic nitrogens is 2. The average Bonchev–Trinajstić information content (AvgIpc) is 2.19. The van der Waals surface area contributed by atoms with Crippen molar-refractivity contribution < 1.29 is 0 Å². The van der Waals surface area contributed by atoms with Gasteiger partial charge in [-0.3, -0.25) is 0 Å². The summed E-state index contributed by atoms with van der Waals surface area (Å²) in [5, 5.41) is 7.71. The fraction of sp³-hybridized carbons (Fsp3) is 0. The summed E-state index contributed by atoms with van der Waals surface area (Å²) in [4.78, 5) is 0. The van der Waals surface area contributed by atoms with E-state index in [0.717, 1.165) is 5.56 Å². The summed E-state index contributed by atoms with van der Waals surface area (Å²) in [7, 11) is 0. The van der Waals surface area contributed by atoms with Crippen LogP contribution in [-0.2, 0) is 0 Å². The van der Waals surface area contributed by atoms with E-state index in [2.05, 4.69) is 10.2 Å². The molecule has 14 heavy (non-hydrogen) atoms. The first-order chi connectivity index (χ1) is 6.77. The van der Waals surface area contributed by atoms with Gasteiger partial charge in [0.1, 0.15) is 11.5 Å². The SMILES string of the molecule is Nc1cc(N)c(-c2ccccc2)nn1. The van der Waals surface area contributed by atoms with E-state index < -0.39 is 0 Å². The van der Waals surface area contributed by atoms with Gasteiger partial charge in [-0.05, 0) is 0 Å². The van der Waals surface area contributed by atoms with Gasteiger partial charge in [-0.2, -0.15) is 0 Å². The molecule has 0 fully saturated rings. The number of hydrogen-bond donors (Lipinski definition) is 2. The maximum atomic E-state index is 5.77. The lowest BCUT2D eigenvalue weighted by Crippen LogP contribution is -1.99. The predicted octanol–water partition coefficient (Wildman–Crippen LogP) is 1.31. The molecule has 0 bridgehead atoms. The minimum Gasteiger partial charge on any atom is -0.397 e. The van der Waals surface area contributed by atoms with Gasteiger partial charge >= 0.3 is 0 Å². The minimum atomic E-state index is 0.335. The van der Waals surface area contributed by atoms with Crippen molar-refractivity contribution in [3.8, 4) is 11.3 Å². The Kier molecular flexibility index (Phi) is 2.02. The first kappa shape index (κ1) is 8.50. The molecule has 0 saturated heterocycles. The van der Waals surface area contributed by atoms with E-state index in [1.807, 2.05) is 30.3 Å². The van der Waals surface area contributed by atoms with Crippen molar-refractivity contribution in [3.63, 3.8) is 0 Å². The second-order valence-corrected chi connectivity index (χ2v) is 2.94. The van der Waals surface area contributed by atoms with Gasteiger partial charge < -0.3 is 11.5 Å². The molecule has 0 amide bonds. The van der Waals surface area contributed by atoms with Crippen molar-refractivity contribution in [2.24, 2.45) is 0 Å². The normalized spacial score (nSPS) is 10.0. The summed E-state index contributed by atoms with van der Waals surface area (Å²) < 4.78 is 0. The fourth-order valence-electron chi connectivity index (χ4n) is 1.24. The first-order valence-electron chi connectivity index (χ1n) is 4.21. The van der Waals surface area contributed by atoms with Gasteiger partial charge in [0.15, 0.2) is 0 Å². The van der Waals surface area contributed by atoms with Crippen molar-refractivity contribution in [2.75, 3.05) is 11.5 Å². The Morgan fingerprint density at radius 2 is 1.64 bits per heavy atom. The molecule has 0 atom stereocenters. The molecule has 2 rings (SSSR count). The van der Waals surface area contributed by atoms with E-state index in [1.54, 1.807) is 6.07 Å². The number of nitrogens with zero attached hydrogens (tertiary/aromatic N) is 2. The zero-order valence-electron chi connectivity index (χ0n) is 7.51. The van der Waals surface area contributed by atoms with Crippen molar-refractivity contribution >= 4 is 11.5 Å². The lowest BCUT2D eigenvalue weighted by Gasteiger charge is -2.03. The number of nitrogens with two attached hydrogens (primary N) is 2. The molecular formula is C10H10N4. The van der Waals surface area contributed by atoms with Crippen molar-refractivity contribution in [3.05, 3.63) is 36.4 Å². The first-order valence-corrected chi connectivity index (χ1v) is 4.21. The Bertz CT molecular complexity index is 439. The fourth-order valence-corrected chi connectivity index (χ4v) is 1.24. The zero-order valence-corrected chi connectivity index (χ0v) is 7.51. The Morgan fingerprint density at radius 1 is 0.929 bits per heavy atom. The third-order valence-corrected chi connectivity index (χ3v) is 1.89. The average molecular weight is 186 g/mol. The molecule has 1 aromatic carbocycles. The summed E-state index contributed by atoms with van der Waals surface area (Å²) in [6.07, 6.45) is 0. The highest BCUT2D eigenvalue weighted by atomic mass is 15.1. The van der Waals surface area contributed by atoms with E-state index in [-0.39, 0.29) is 0 Å². The number of benzene rings is 1. The van der Waals surface area contributed by atoms with Gasteiger partial charge in [-0.25, -0.2) is 0 Å². The Labute approximate surface area is 81.6 Å². The quantitative estimate of drug-likeness (QED) is 0.703. The molecule has 1 aromatic heterocycles. The third kappa shape index (κ3) is 1.50. The summed E-state index contributed by atoms with van der Waals surface area (Å²) >= 11 is 0. The van der Waals surface area contributed by atoms with Crippen molar-refractivity contribution in [1.82, 2.24) is 10.2 Å². The molecule has 0 aliphatic heterocycles. The monoisotopic (exact) mass is 186 g/mol. The second-order valence-electron chi connectivity index (χ2n) is 2.94. The van der Waals surface area contributed by atoms with E-state index in [9.17, 15) is 0 Å². The number of anilines is 2. The molecular weight excluding hydrogens is 176 g/mol. The van der Waals surface area contributed by atoms with Crippen LogP contribution in [0, 0.1) is 0 Å². The molecule has 0 spiro atoms. The molecule has 0 aliphatic rings. The molecule has 0 unspecified atom stereocenters. The molecule has 0 radical (unpaired) electrons. The van der Waals surface area contributed by atoms with Gasteiger partial charge in [0.05, 0.1) is 5.69 Å². The van der Waals surface area contributed by atoms with E-state index in [1.165, 1.54) is 0 Å². The highest BCUT2D eigenvalue weighted by molar-refractivity contribution is 5.73. The Balaban J connectivity index is 2.53. The van der Waals surface area contributed by atoms with Crippen LogP contribution in [0.3, 0.4) is 0 Å². The highest BCUT2D eigenvalue weighted by Crippen LogP contribution is 2.22. The Morgan fingerprint density at radius 3 is 2.29 bits per heavy atom. The van der Waals surface area contributed by atoms with Crippen LogP contribution in [0.4, 0.5) is 11.5 Å². The summed E-state index contributed by atoms with van der Waals surface area (Å²) in [5.74, 6) is 0.335. The molecule has 4 nitrogen and oxygen atoms in total. The summed E-state index contributed by atoms with van der Waals surface area (Å²) in [6, 6.07) is 11.2. The predicted molar refractivity (Wildman–Crippen MR) is 56.3 cm³/mol. The van der Waals surface area contributed by atoms with Crippen LogP contribution in [0.15, 0.2) is 36.4 Å². The number of rotatable bonds is 1. The lowest BCUT2D eigenvalue weighted by atomic mass is 10.1. The van der Waals surface area contributed by atoms with Crippen molar-refractivity contribution in [1.29, 1.82) is 0 Å². The van der Waals surface area contributed by atoms with Crippen LogP contribution >= 0.6 is 0 Å². The summed E-state index contributed by atoms with van der Waals surface area (Å²) in [6.45, 7) is 0. The van der Waals surface area contributed by atoms with Crippen LogP contribution in [0.2, 0.25) is 0 Å². The summed E-state index contributed by atoms with van der Waals surface area (Å²) in [5.41, 5.74) is 13.4. The van der Waals surface area contributed by atoms with Gasteiger partial charge in [-0.1, -0.05) is 30.3 Å². The van der Waals surface area contributed by atoms with E-state index in [4.69, 9.17) is 11.5 Å². The minimum absolute atomic E-state index is 0.335. The standard InChI is InChI=1S/C10H10N4/c11-8-6-9(12)13-14-10(8)7-4-2-1-3-5-7/h1-6H,(H4,11,12,13). The Hall–Kier alpha value is -2.10. The van der Waals surface area contributed by atoms with Crippen molar-refractivity contribution in [2.45, 2.75) is 0 Å². The molecule has 70 valence electrons. The van der Waals surface area contributed by atoms with Crippen LogP contribution in [0.5, 0.6) is 0 Å².